The van der Waals surface area contributed by atoms with Gasteiger partial charge in [-0.1, -0.05) is 60.7 Å². The predicted octanol–water partition coefficient (Wildman–Crippen LogP) is 3.31. The standard InChI is InChI=1S/C16H16O3S/c1-20(17,18)19-13-12-16(14-8-4-2-5-9-14)15-10-6-3-7-11-15/h2-13,16H,1H3. The molecule has 0 aliphatic rings. The molecule has 0 spiro atoms. The molecular weight excluding hydrogens is 272 g/mol. The summed E-state index contributed by atoms with van der Waals surface area (Å²) in [4.78, 5) is 0. The molecule has 2 aromatic rings. The maximum atomic E-state index is 11.0. The number of allylic oxidation sites excluding steroid dienone is 1. The van der Waals surface area contributed by atoms with E-state index in [1.165, 1.54) is 6.26 Å². The molecule has 3 nitrogen and oxygen atoms in total. The molecule has 0 unspecified atom stereocenters. The largest absolute Gasteiger partial charge is 0.391 e. The zero-order valence-electron chi connectivity index (χ0n) is 11.1. The first kappa shape index (κ1) is 14.3. The first-order chi connectivity index (χ1) is 9.56. The van der Waals surface area contributed by atoms with E-state index in [0.717, 1.165) is 17.4 Å². The van der Waals surface area contributed by atoms with Crippen molar-refractivity contribution in [1.82, 2.24) is 0 Å². The van der Waals surface area contributed by atoms with Crippen LogP contribution in [0.3, 0.4) is 0 Å². The van der Waals surface area contributed by atoms with E-state index in [4.69, 9.17) is 4.18 Å². The Balaban J connectivity index is 2.31. The Morgan fingerprint density at radius 1 is 0.900 bits per heavy atom. The summed E-state index contributed by atoms with van der Waals surface area (Å²) in [6.07, 6.45) is 4.00. The van der Waals surface area contributed by atoms with Gasteiger partial charge in [0.1, 0.15) is 6.26 Å². The first-order valence-electron chi connectivity index (χ1n) is 6.21. The number of benzene rings is 2. The molecule has 0 radical (unpaired) electrons. The summed E-state index contributed by atoms with van der Waals surface area (Å²) in [5.41, 5.74) is 2.15. The fraction of sp³-hybridized carbons (Fsp3) is 0.125. The number of hydrogen-bond donors (Lipinski definition) is 0. The van der Waals surface area contributed by atoms with E-state index in [2.05, 4.69) is 0 Å². The number of rotatable bonds is 5. The highest BCUT2D eigenvalue weighted by Gasteiger charge is 2.10. The molecule has 2 rings (SSSR count). The monoisotopic (exact) mass is 288 g/mol. The van der Waals surface area contributed by atoms with Crippen molar-refractivity contribution in [2.75, 3.05) is 6.26 Å². The van der Waals surface area contributed by atoms with Crippen molar-refractivity contribution < 1.29 is 12.6 Å². The summed E-state index contributed by atoms with van der Waals surface area (Å²) in [6, 6.07) is 19.7. The molecular formula is C16H16O3S. The van der Waals surface area contributed by atoms with E-state index in [-0.39, 0.29) is 5.92 Å². The highest BCUT2D eigenvalue weighted by atomic mass is 32.2. The molecule has 2 aromatic carbocycles. The van der Waals surface area contributed by atoms with E-state index in [0.29, 0.717) is 0 Å². The quantitative estimate of drug-likeness (QED) is 0.626. The molecule has 0 heterocycles. The van der Waals surface area contributed by atoms with Gasteiger partial charge in [0.15, 0.2) is 0 Å². The van der Waals surface area contributed by atoms with Crippen LogP contribution in [0.25, 0.3) is 0 Å². The maximum Gasteiger partial charge on any atom is 0.305 e. The predicted molar refractivity (Wildman–Crippen MR) is 79.8 cm³/mol. The van der Waals surface area contributed by atoms with Gasteiger partial charge >= 0.3 is 10.1 Å². The molecule has 0 aliphatic carbocycles. The second-order valence-electron chi connectivity index (χ2n) is 4.43. The molecule has 0 aliphatic heterocycles. The van der Waals surface area contributed by atoms with Crippen LogP contribution >= 0.6 is 0 Å². The van der Waals surface area contributed by atoms with Gasteiger partial charge in [-0.3, -0.25) is 0 Å². The summed E-state index contributed by atoms with van der Waals surface area (Å²) < 4.78 is 26.7. The molecule has 0 amide bonds. The summed E-state index contributed by atoms with van der Waals surface area (Å²) >= 11 is 0. The third-order valence-electron chi connectivity index (χ3n) is 2.82. The molecule has 0 aromatic heterocycles. The molecule has 0 saturated heterocycles. The van der Waals surface area contributed by atoms with Crippen LogP contribution in [0.1, 0.15) is 17.0 Å². The minimum atomic E-state index is -3.47. The van der Waals surface area contributed by atoms with Crippen LogP contribution in [-0.2, 0) is 14.3 Å². The van der Waals surface area contributed by atoms with Crippen LogP contribution in [0.4, 0.5) is 0 Å². The van der Waals surface area contributed by atoms with E-state index in [1.807, 2.05) is 60.7 Å². The smallest absolute Gasteiger partial charge is 0.305 e. The average Bonchev–Trinajstić information content (AvgIpc) is 2.44. The van der Waals surface area contributed by atoms with Gasteiger partial charge in [-0.2, -0.15) is 8.42 Å². The zero-order chi connectivity index (χ0) is 14.4. The summed E-state index contributed by atoms with van der Waals surface area (Å²) in [6.45, 7) is 0. The molecule has 20 heavy (non-hydrogen) atoms. The lowest BCUT2D eigenvalue weighted by atomic mass is 9.91. The van der Waals surface area contributed by atoms with Crippen LogP contribution in [-0.4, -0.2) is 14.7 Å². The molecule has 104 valence electrons. The Kier molecular flexibility index (Phi) is 4.58. The lowest BCUT2D eigenvalue weighted by Crippen LogP contribution is -2.00. The van der Waals surface area contributed by atoms with Crippen molar-refractivity contribution in [3.8, 4) is 0 Å². The molecule has 0 bridgehead atoms. The Bertz CT molecular complexity index is 622. The Morgan fingerprint density at radius 2 is 1.35 bits per heavy atom. The normalized spacial score (nSPS) is 11.9. The van der Waals surface area contributed by atoms with Gasteiger partial charge in [-0.05, 0) is 17.2 Å². The lowest BCUT2D eigenvalue weighted by Gasteiger charge is -2.13. The van der Waals surface area contributed by atoms with Crippen molar-refractivity contribution in [1.29, 1.82) is 0 Å². The number of hydrogen-bond acceptors (Lipinski definition) is 3. The van der Waals surface area contributed by atoms with Gasteiger partial charge in [-0.15, -0.1) is 0 Å². The Labute approximate surface area is 119 Å². The van der Waals surface area contributed by atoms with Crippen molar-refractivity contribution >= 4 is 10.1 Å². The second kappa shape index (κ2) is 6.39. The topological polar surface area (TPSA) is 43.4 Å². The van der Waals surface area contributed by atoms with Crippen molar-refractivity contribution in [3.63, 3.8) is 0 Å². The molecule has 0 saturated carbocycles. The average molecular weight is 288 g/mol. The molecule has 0 fully saturated rings. The molecule has 4 heteroatoms. The van der Waals surface area contributed by atoms with Gasteiger partial charge in [0.2, 0.25) is 0 Å². The van der Waals surface area contributed by atoms with Crippen molar-refractivity contribution in [2.45, 2.75) is 5.92 Å². The highest BCUT2D eigenvalue weighted by molar-refractivity contribution is 7.86. The minimum absolute atomic E-state index is 0.0425. The summed E-state index contributed by atoms with van der Waals surface area (Å²) in [5, 5.41) is 0. The first-order valence-corrected chi connectivity index (χ1v) is 8.03. The van der Waals surface area contributed by atoms with Gasteiger partial charge in [0, 0.05) is 5.92 Å². The van der Waals surface area contributed by atoms with Crippen LogP contribution in [0.5, 0.6) is 0 Å². The van der Waals surface area contributed by atoms with Crippen LogP contribution in [0.15, 0.2) is 73.0 Å². The van der Waals surface area contributed by atoms with E-state index in [9.17, 15) is 8.42 Å². The van der Waals surface area contributed by atoms with Gasteiger partial charge in [0.25, 0.3) is 0 Å². The van der Waals surface area contributed by atoms with Crippen molar-refractivity contribution in [3.05, 3.63) is 84.1 Å². The van der Waals surface area contributed by atoms with E-state index >= 15 is 0 Å². The lowest BCUT2D eigenvalue weighted by molar-refractivity contribution is 0.448. The third kappa shape index (κ3) is 4.24. The van der Waals surface area contributed by atoms with Crippen LogP contribution in [0, 0.1) is 0 Å². The van der Waals surface area contributed by atoms with Gasteiger partial charge in [0.05, 0.1) is 6.26 Å². The van der Waals surface area contributed by atoms with E-state index in [1.54, 1.807) is 6.08 Å². The Hall–Kier alpha value is -2.07. The Morgan fingerprint density at radius 3 is 1.75 bits per heavy atom. The summed E-state index contributed by atoms with van der Waals surface area (Å²) in [7, 11) is -3.47. The van der Waals surface area contributed by atoms with Gasteiger partial charge < -0.3 is 4.18 Å². The fourth-order valence-electron chi connectivity index (χ4n) is 1.95. The van der Waals surface area contributed by atoms with Crippen LogP contribution in [0.2, 0.25) is 0 Å². The molecule has 0 N–H and O–H groups in total. The summed E-state index contributed by atoms with van der Waals surface area (Å²) in [5.74, 6) is -0.0425. The van der Waals surface area contributed by atoms with Crippen LogP contribution < -0.4 is 0 Å². The minimum Gasteiger partial charge on any atom is -0.391 e. The van der Waals surface area contributed by atoms with Gasteiger partial charge in [-0.25, -0.2) is 0 Å². The fourth-order valence-corrected chi connectivity index (χ4v) is 2.21. The maximum absolute atomic E-state index is 11.0. The van der Waals surface area contributed by atoms with Crippen molar-refractivity contribution in [2.24, 2.45) is 0 Å². The third-order valence-corrected chi connectivity index (χ3v) is 3.28. The molecule has 0 atom stereocenters. The highest BCUT2D eigenvalue weighted by Crippen LogP contribution is 2.25. The second-order valence-corrected chi connectivity index (χ2v) is 6.03. The SMILES string of the molecule is CS(=O)(=O)OC=CC(c1ccccc1)c1ccccc1. The zero-order valence-corrected chi connectivity index (χ0v) is 12.0. The van der Waals surface area contributed by atoms with E-state index < -0.39 is 10.1 Å².